The zero-order valence-corrected chi connectivity index (χ0v) is 25.4. The summed E-state index contributed by atoms with van der Waals surface area (Å²) in [5.74, 6) is 1.84. The van der Waals surface area contributed by atoms with Crippen molar-refractivity contribution in [3.8, 4) is 0 Å². The molecule has 0 amide bonds. The fraction of sp³-hybridized carbons (Fsp3) is 0.818. The number of ether oxygens (including phenoxy) is 2. The van der Waals surface area contributed by atoms with Crippen molar-refractivity contribution >= 4 is 0 Å². The Labute approximate surface area is 245 Å². The second-order valence-corrected chi connectivity index (χ2v) is 14.1. The topological polar surface area (TPSA) is 140 Å². The van der Waals surface area contributed by atoms with Crippen LogP contribution in [0.2, 0.25) is 0 Å². The first-order valence-electron chi connectivity index (χ1n) is 15.7. The van der Waals surface area contributed by atoms with E-state index in [9.17, 15) is 30.6 Å². The summed E-state index contributed by atoms with van der Waals surface area (Å²) in [6.45, 7) is 12.3. The molecule has 11 atom stereocenters. The molecule has 234 valence electrons. The van der Waals surface area contributed by atoms with E-state index in [1.807, 2.05) is 13.8 Å². The van der Waals surface area contributed by atoms with Gasteiger partial charge in [-0.3, -0.25) is 0 Å². The van der Waals surface area contributed by atoms with E-state index < -0.39 is 55.1 Å². The average molecular weight is 579 g/mol. The van der Waals surface area contributed by atoms with Gasteiger partial charge in [0, 0.05) is 6.42 Å². The molecule has 6 N–H and O–H groups in total. The van der Waals surface area contributed by atoms with Crippen LogP contribution in [0.3, 0.4) is 0 Å². The fourth-order valence-electron chi connectivity index (χ4n) is 8.19. The van der Waals surface area contributed by atoms with E-state index >= 15 is 0 Å². The quantitative estimate of drug-likeness (QED) is 0.244. The Morgan fingerprint density at radius 2 is 1.85 bits per heavy atom. The molecule has 8 heteroatoms. The van der Waals surface area contributed by atoms with Crippen molar-refractivity contribution in [2.75, 3.05) is 6.61 Å². The molecule has 4 fully saturated rings. The minimum atomic E-state index is -1.51. The molecule has 0 aromatic heterocycles. The second kappa shape index (κ2) is 13.3. The Morgan fingerprint density at radius 3 is 2.54 bits per heavy atom. The van der Waals surface area contributed by atoms with Crippen molar-refractivity contribution in [2.45, 2.75) is 140 Å². The van der Waals surface area contributed by atoms with Crippen LogP contribution in [-0.4, -0.2) is 85.8 Å². The maximum atomic E-state index is 10.8. The summed E-state index contributed by atoms with van der Waals surface area (Å²) in [5.41, 5.74) is 2.70. The first-order chi connectivity index (χ1) is 19.2. The van der Waals surface area contributed by atoms with Crippen LogP contribution in [-0.2, 0) is 9.47 Å². The molecule has 4 aliphatic rings. The normalized spacial score (nSPS) is 43.0. The maximum absolute atomic E-state index is 10.8. The summed E-state index contributed by atoms with van der Waals surface area (Å²) in [5, 5.41) is 61.0. The first kappa shape index (κ1) is 32.8. The van der Waals surface area contributed by atoms with Crippen molar-refractivity contribution in [3.05, 3.63) is 35.5 Å². The van der Waals surface area contributed by atoms with Gasteiger partial charge in [0.15, 0.2) is 6.29 Å². The molecule has 1 saturated heterocycles. The third kappa shape index (κ3) is 7.35. The van der Waals surface area contributed by atoms with Gasteiger partial charge < -0.3 is 40.1 Å². The Bertz CT molecular complexity index is 967. The zero-order valence-electron chi connectivity index (χ0n) is 25.4. The number of allylic oxidation sites excluding steroid dienone is 3. The summed E-state index contributed by atoms with van der Waals surface area (Å²) < 4.78 is 11.5. The van der Waals surface area contributed by atoms with Crippen LogP contribution >= 0.6 is 0 Å². The van der Waals surface area contributed by atoms with Crippen molar-refractivity contribution in [3.63, 3.8) is 0 Å². The van der Waals surface area contributed by atoms with Crippen LogP contribution in [0.4, 0.5) is 0 Å². The van der Waals surface area contributed by atoms with Crippen LogP contribution in [0, 0.1) is 23.2 Å². The molecule has 4 rings (SSSR count). The predicted molar refractivity (Wildman–Crippen MR) is 157 cm³/mol. The lowest BCUT2D eigenvalue weighted by atomic mass is 9.60. The number of fused-ring (bicyclic) bond motifs is 1. The third-order valence-corrected chi connectivity index (χ3v) is 10.6. The number of aliphatic hydroxyl groups is 6. The predicted octanol–water partition coefficient (Wildman–Crippen LogP) is 3.53. The zero-order chi connectivity index (χ0) is 30.1. The maximum Gasteiger partial charge on any atom is 0.186 e. The third-order valence-electron chi connectivity index (χ3n) is 10.6. The Balaban J connectivity index is 1.44. The van der Waals surface area contributed by atoms with Gasteiger partial charge in [-0.05, 0) is 93.1 Å². The summed E-state index contributed by atoms with van der Waals surface area (Å²) in [6.07, 6.45) is 6.02. The highest BCUT2D eigenvalue weighted by atomic mass is 16.7. The van der Waals surface area contributed by atoms with Gasteiger partial charge in [0.25, 0.3) is 0 Å². The largest absolute Gasteiger partial charge is 0.394 e. The molecule has 1 heterocycles. The van der Waals surface area contributed by atoms with Crippen LogP contribution < -0.4 is 0 Å². The summed E-state index contributed by atoms with van der Waals surface area (Å²) >= 11 is 0. The first-order valence-corrected chi connectivity index (χ1v) is 15.7. The SMILES string of the molecule is C=C1/C(=C\C=C2/CCC[C@]3(C)[C@@H]([C@H](C)CCCC(C)(C)O)CC[C@@H]23)C[C@@H](O[C@@H]2O[C@H](CO)[C@@H](O)[C@H](O)[C@H]2O)C[C@@H]1O. The standard InChI is InChI=1S/C33H54O8/c1-19(8-6-14-32(3,4)39)24-12-13-25-21(9-7-15-33(24,25)5)10-11-22-16-23(17-26(35)20(22)2)40-31-30(38)29(37)28(36)27(18-34)41-31/h10-11,19,23-31,34-39H,2,6-9,12-18H2,1,3-5H3/b21-10+,22-11-/t19-,23-,24-,25+,26+,27-,28-,29+,30-,31-,33-/m1/s1. The highest BCUT2D eigenvalue weighted by Crippen LogP contribution is 2.60. The summed E-state index contributed by atoms with van der Waals surface area (Å²) in [4.78, 5) is 0. The van der Waals surface area contributed by atoms with Crippen molar-refractivity contribution in [1.29, 1.82) is 0 Å². The fourth-order valence-corrected chi connectivity index (χ4v) is 8.19. The van der Waals surface area contributed by atoms with Crippen molar-refractivity contribution in [2.24, 2.45) is 23.2 Å². The molecule has 3 saturated carbocycles. The lowest BCUT2D eigenvalue weighted by Crippen LogP contribution is -2.59. The van der Waals surface area contributed by atoms with Crippen LogP contribution in [0.15, 0.2) is 35.5 Å². The van der Waals surface area contributed by atoms with Crippen LogP contribution in [0.25, 0.3) is 0 Å². The molecule has 0 bridgehead atoms. The highest BCUT2D eigenvalue weighted by molar-refractivity contribution is 5.39. The summed E-state index contributed by atoms with van der Waals surface area (Å²) in [7, 11) is 0. The summed E-state index contributed by atoms with van der Waals surface area (Å²) in [6, 6.07) is 0. The molecule has 3 aliphatic carbocycles. The number of rotatable bonds is 9. The van der Waals surface area contributed by atoms with Gasteiger partial charge >= 0.3 is 0 Å². The molecular weight excluding hydrogens is 524 g/mol. The molecule has 0 spiro atoms. The lowest BCUT2D eigenvalue weighted by Gasteiger charge is -2.44. The van der Waals surface area contributed by atoms with E-state index in [1.165, 1.54) is 31.3 Å². The number of aliphatic hydroxyl groups excluding tert-OH is 5. The molecule has 1 aliphatic heterocycles. The van der Waals surface area contributed by atoms with E-state index in [4.69, 9.17) is 9.47 Å². The molecule has 41 heavy (non-hydrogen) atoms. The van der Waals surface area contributed by atoms with Gasteiger partial charge in [-0.15, -0.1) is 0 Å². The smallest absolute Gasteiger partial charge is 0.186 e. The molecule has 0 aromatic carbocycles. The van der Waals surface area contributed by atoms with Crippen LogP contribution in [0.1, 0.15) is 91.9 Å². The molecule has 0 aromatic rings. The van der Waals surface area contributed by atoms with E-state index in [1.54, 1.807) is 0 Å². The monoisotopic (exact) mass is 578 g/mol. The van der Waals surface area contributed by atoms with Gasteiger partial charge in [0.05, 0.1) is 24.4 Å². The van der Waals surface area contributed by atoms with Crippen LogP contribution in [0.5, 0.6) is 0 Å². The van der Waals surface area contributed by atoms with Gasteiger partial charge in [-0.2, -0.15) is 0 Å². The van der Waals surface area contributed by atoms with Crippen molar-refractivity contribution < 1.29 is 40.1 Å². The average Bonchev–Trinajstić information content (AvgIpc) is 3.27. The number of hydrogen-bond donors (Lipinski definition) is 6. The minimum Gasteiger partial charge on any atom is -0.394 e. The van der Waals surface area contributed by atoms with E-state index in [0.29, 0.717) is 29.7 Å². The molecule has 0 unspecified atom stereocenters. The van der Waals surface area contributed by atoms with Gasteiger partial charge in [0.2, 0.25) is 0 Å². The van der Waals surface area contributed by atoms with E-state index in [0.717, 1.165) is 31.3 Å². The van der Waals surface area contributed by atoms with Gasteiger partial charge in [-0.1, -0.05) is 51.0 Å². The Morgan fingerprint density at radius 1 is 1.12 bits per heavy atom. The van der Waals surface area contributed by atoms with Crippen molar-refractivity contribution in [1.82, 2.24) is 0 Å². The Hall–Kier alpha value is -1.10. The molecule has 8 nitrogen and oxygen atoms in total. The Kier molecular flexibility index (Phi) is 10.6. The highest BCUT2D eigenvalue weighted by Gasteiger charge is 2.50. The van der Waals surface area contributed by atoms with Gasteiger partial charge in [-0.25, -0.2) is 0 Å². The number of hydrogen-bond acceptors (Lipinski definition) is 8. The van der Waals surface area contributed by atoms with E-state index in [-0.39, 0.29) is 11.8 Å². The lowest BCUT2D eigenvalue weighted by molar-refractivity contribution is -0.312. The molecule has 0 radical (unpaired) electrons. The van der Waals surface area contributed by atoms with Gasteiger partial charge in [0.1, 0.15) is 24.4 Å². The second-order valence-electron chi connectivity index (χ2n) is 14.1. The van der Waals surface area contributed by atoms with E-state index in [2.05, 4.69) is 32.6 Å². The minimum absolute atomic E-state index is 0.272. The molecular formula is C33H54O8.